The Balaban J connectivity index is 1.88. The summed E-state index contributed by atoms with van der Waals surface area (Å²) in [6.45, 7) is 5.88. The number of hydrogen-bond donors (Lipinski definition) is 0. The van der Waals surface area contributed by atoms with Gasteiger partial charge in [-0.1, -0.05) is 47.9 Å². The lowest BCUT2D eigenvalue weighted by molar-refractivity contribution is -0.122. The smallest absolute Gasteiger partial charge is 0.239 e. The zero-order valence-electron chi connectivity index (χ0n) is 13.9. The number of aromatic nitrogens is 1. The van der Waals surface area contributed by atoms with Crippen LogP contribution in [0.4, 0.5) is 5.82 Å². The van der Waals surface area contributed by atoms with Crippen molar-refractivity contribution in [1.29, 1.82) is 0 Å². The molecule has 3 rings (SSSR count). The number of rotatable bonds is 3. The lowest BCUT2D eigenvalue weighted by Crippen LogP contribution is -2.31. The third kappa shape index (κ3) is 3.06. The molecule has 124 valence electrons. The molecule has 24 heavy (non-hydrogen) atoms. The monoisotopic (exact) mass is 342 g/mol. The highest BCUT2D eigenvalue weighted by atomic mass is 35.5. The molecule has 1 aromatic heterocycles. The van der Waals surface area contributed by atoms with Gasteiger partial charge in [0.05, 0.1) is 10.9 Å². The normalized spacial score (nSPS) is 20.8. The summed E-state index contributed by atoms with van der Waals surface area (Å²) in [5.74, 6) is -0.790. The number of carbonyl (C=O) groups is 2. The first-order valence-electron chi connectivity index (χ1n) is 7.93. The number of anilines is 1. The summed E-state index contributed by atoms with van der Waals surface area (Å²) in [4.78, 5) is 30.7. The van der Waals surface area contributed by atoms with Crippen LogP contribution < -0.4 is 4.90 Å². The molecule has 0 aliphatic carbocycles. The Morgan fingerprint density at radius 2 is 1.75 bits per heavy atom. The van der Waals surface area contributed by atoms with Gasteiger partial charge in [-0.2, -0.15) is 0 Å². The molecule has 2 amide bonds. The van der Waals surface area contributed by atoms with E-state index in [0.29, 0.717) is 17.3 Å². The third-order valence-electron chi connectivity index (χ3n) is 4.43. The molecule has 4 nitrogen and oxygen atoms in total. The second-order valence-corrected chi connectivity index (χ2v) is 6.88. The molecule has 1 aliphatic rings. The summed E-state index contributed by atoms with van der Waals surface area (Å²) in [7, 11) is 0. The predicted octanol–water partition coefficient (Wildman–Crippen LogP) is 3.72. The van der Waals surface area contributed by atoms with Crippen LogP contribution in [0.1, 0.15) is 23.6 Å². The molecule has 2 aromatic rings. The van der Waals surface area contributed by atoms with Gasteiger partial charge in [-0.3, -0.25) is 9.59 Å². The van der Waals surface area contributed by atoms with Crippen molar-refractivity contribution in [3.8, 4) is 0 Å². The largest absolute Gasteiger partial charge is 0.274 e. The number of pyridine rings is 1. The molecule has 2 atom stereocenters. The molecule has 0 spiro atoms. The van der Waals surface area contributed by atoms with Gasteiger partial charge in [-0.25, -0.2) is 9.88 Å². The summed E-state index contributed by atoms with van der Waals surface area (Å²) < 4.78 is 0. The lowest BCUT2D eigenvalue weighted by Gasteiger charge is -2.14. The quantitative estimate of drug-likeness (QED) is 0.799. The van der Waals surface area contributed by atoms with Crippen LogP contribution in [-0.2, 0) is 16.0 Å². The number of benzene rings is 1. The Kier molecular flexibility index (Phi) is 4.41. The summed E-state index contributed by atoms with van der Waals surface area (Å²) in [6, 6.07) is 9.47. The predicted molar refractivity (Wildman–Crippen MR) is 94.0 cm³/mol. The van der Waals surface area contributed by atoms with Crippen LogP contribution >= 0.6 is 11.6 Å². The van der Waals surface area contributed by atoms with Crippen molar-refractivity contribution in [2.45, 2.75) is 27.2 Å². The molecule has 1 saturated heterocycles. The average molecular weight is 343 g/mol. The Hall–Kier alpha value is -2.20. The van der Waals surface area contributed by atoms with Crippen molar-refractivity contribution in [2.75, 3.05) is 4.90 Å². The number of halogens is 1. The van der Waals surface area contributed by atoms with Crippen molar-refractivity contribution in [1.82, 2.24) is 4.98 Å². The van der Waals surface area contributed by atoms with Crippen molar-refractivity contribution < 1.29 is 9.59 Å². The van der Waals surface area contributed by atoms with Crippen molar-refractivity contribution in [3.63, 3.8) is 0 Å². The molecule has 0 bridgehead atoms. The zero-order valence-corrected chi connectivity index (χ0v) is 14.7. The highest BCUT2D eigenvalue weighted by molar-refractivity contribution is 6.30. The van der Waals surface area contributed by atoms with Crippen molar-refractivity contribution >= 4 is 29.2 Å². The van der Waals surface area contributed by atoms with E-state index in [2.05, 4.69) is 23.2 Å². The lowest BCUT2D eigenvalue weighted by atomic mass is 9.89. The van der Waals surface area contributed by atoms with E-state index in [0.717, 1.165) is 16.7 Å². The maximum absolute atomic E-state index is 12.8. The first-order valence-corrected chi connectivity index (χ1v) is 8.31. The fraction of sp³-hybridized carbons (Fsp3) is 0.316. The van der Waals surface area contributed by atoms with E-state index in [4.69, 9.17) is 11.6 Å². The second-order valence-electron chi connectivity index (χ2n) is 6.44. The van der Waals surface area contributed by atoms with E-state index in [9.17, 15) is 9.59 Å². The maximum atomic E-state index is 12.8. The Labute approximate surface area is 146 Å². The van der Waals surface area contributed by atoms with Crippen LogP contribution in [0.3, 0.4) is 0 Å². The minimum atomic E-state index is -0.365. The van der Waals surface area contributed by atoms with Crippen molar-refractivity contribution in [3.05, 3.63) is 58.2 Å². The highest BCUT2D eigenvalue weighted by Crippen LogP contribution is 2.32. The number of aryl methyl sites for hydroxylation is 2. The summed E-state index contributed by atoms with van der Waals surface area (Å²) in [5, 5.41) is 0.470. The van der Waals surface area contributed by atoms with Gasteiger partial charge in [0.2, 0.25) is 11.8 Å². The zero-order chi connectivity index (χ0) is 17.4. The molecule has 0 radical (unpaired) electrons. The van der Waals surface area contributed by atoms with E-state index < -0.39 is 0 Å². The first-order chi connectivity index (χ1) is 11.4. The van der Waals surface area contributed by atoms with E-state index >= 15 is 0 Å². The van der Waals surface area contributed by atoms with Gasteiger partial charge < -0.3 is 0 Å². The Bertz CT molecular complexity index is 781. The molecular weight excluding hydrogens is 324 g/mol. The van der Waals surface area contributed by atoms with Gasteiger partial charge in [0.1, 0.15) is 5.82 Å². The minimum absolute atomic E-state index is 0.193. The summed E-state index contributed by atoms with van der Waals surface area (Å²) in [6.07, 6.45) is 2.00. The molecule has 1 fully saturated rings. The third-order valence-corrected chi connectivity index (χ3v) is 4.65. The molecule has 5 heteroatoms. The Morgan fingerprint density at radius 1 is 1.08 bits per heavy atom. The number of imide groups is 1. The second kappa shape index (κ2) is 6.36. The van der Waals surface area contributed by atoms with Gasteiger partial charge >= 0.3 is 0 Å². The Morgan fingerprint density at radius 3 is 2.33 bits per heavy atom. The fourth-order valence-electron chi connectivity index (χ4n) is 3.29. The number of nitrogens with zero attached hydrogens (tertiary/aromatic N) is 2. The summed E-state index contributed by atoms with van der Waals surface area (Å²) in [5.41, 5.74) is 3.40. The molecule has 0 saturated carbocycles. The van der Waals surface area contributed by atoms with Gasteiger partial charge in [0.25, 0.3) is 0 Å². The number of amides is 2. The van der Waals surface area contributed by atoms with Gasteiger partial charge in [0, 0.05) is 12.1 Å². The van der Waals surface area contributed by atoms with Gasteiger partial charge in [-0.05, 0) is 38.0 Å². The maximum Gasteiger partial charge on any atom is 0.239 e. The van der Waals surface area contributed by atoms with E-state index in [1.165, 1.54) is 11.1 Å². The van der Waals surface area contributed by atoms with Crippen LogP contribution in [-0.4, -0.2) is 16.8 Å². The van der Waals surface area contributed by atoms with E-state index in [1.54, 1.807) is 12.1 Å². The summed E-state index contributed by atoms with van der Waals surface area (Å²) >= 11 is 5.83. The molecule has 1 aromatic carbocycles. The molecule has 0 N–H and O–H groups in total. The number of carbonyl (C=O) groups excluding carboxylic acids is 2. The average Bonchev–Trinajstić information content (AvgIpc) is 2.71. The highest BCUT2D eigenvalue weighted by Gasteiger charge is 2.46. The van der Waals surface area contributed by atoms with Gasteiger partial charge in [0.15, 0.2) is 0 Å². The van der Waals surface area contributed by atoms with Crippen LogP contribution in [0.2, 0.25) is 5.02 Å². The molecule has 2 heterocycles. The van der Waals surface area contributed by atoms with Crippen LogP contribution in [0.15, 0.2) is 36.5 Å². The topological polar surface area (TPSA) is 50.3 Å². The first kappa shape index (κ1) is 16.7. The van der Waals surface area contributed by atoms with Crippen LogP contribution in [0, 0.1) is 25.7 Å². The van der Waals surface area contributed by atoms with E-state index in [1.807, 2.05) is 20.8 Å². The van der Waals surface area contributed by atoms with Crippen LogP contribution in [0.5, 0.6) is 0 Å². The number of hydrogen-bond acceptors (Lipinski definition) is 3. The van der Waals surface area contributed by atoms with Crippen molar-refractivity contribution in [2.24, 2.45) is 11.8 Å². The van der Waals surface area contributed by atoms with Gasteiger partial charge in [-0.15, -0.1) is 0 Å². The fourth-order valence-corrected chi connectivity index (χ4v) is 3.41. The minimum Gasteiger partial charge on any atom is -0.274 e. The standard InChI is InChI=1S/C19H19ClN2O2/c1-11-6-12(2)8-14(7-11)9-16-13(3)18(23)22(19(16)24)17-5-4-15(20)10-21-17/h4-8,10,13,16H,9H2,1-3H3/t13-,16-/m1/s1. The van der Waals surface area contributed by atoms with Crippen LogP contribution in [0.25, 0.3) is 0 Å². The van der Waals surface area contributed by atoms with E-state index in [-0.39, 0.29) is 23.7 Å². The molecule has 0 unspecified atom stereocenters. The molecule has 1 aliphatic heterocycles. The molecular formula is C19H19ClN2O2. The SMILES string of the molecule is Cc1cc(C)cc(C[C@H]2C(=O)N(c3ccc(Cl)cn3)C(=O)[C@@H]2C)c1.